The van der Waals surface area contributed by atoms with E-state index in [1.807, 2.05) is 0 Å². The van der Waals surface area contributed by atoms with Gasteiger partial charge in [0.25, 0.3) is 0 Å². The molecule has 1 saturated heterocycles. The average Bonchev–Trinajstić information content (AvgIpc) is 3.81. The van der Waals surface area contributed by atoms with Crippen LogP contribution in [-0.2, 0) is 70.4 Å². The second-order valence-corrected chi connectivity index (χ2v) is 16.3. The van der Waals surface area contributed by atoms with E-state index in [4.69, 9.17) is 17.2 Å². The minimum absolute atomic E-state index is 0.0768. The molecule has 27 nitrogen and oxygen atoms in total. The van der Waals surface area contributed by atoms with Gasteiger partial charge in [-0.2, -0.15) is 0 Å². The fourth-order valence-corrected chi connectivity index (χ4v) is 6.77. The number of benzene rings is 1. The number of amides is 12. The van der Waals surface area contributed by atoms with E-state index in [0.29, 0.717) is 17.7 Å². The first-order chi connectivity index (χ1) is 32.6. The van der Waals surface area contributed by atoms with Crippen LogP contribution >= 0.6 is 0 Å². The van der Waals surface area contributed by atoms with Crippen molar-refractivity contribution in [3.8, 4) is 5.75 Å². The van der Waals surface area contributed by atoms with E-state index in [0.717, 1.165) is 11.9 Å². The van der Waals surface area contributed by atoms with E-state index < -0.39 is 165 Å². The van der Waals surface area contributed by atoms with Crippen molar-refractivity contribution in [1.82, 2.24) is 57.4 Å². The lowest BCUT2D eigenvalue weighted by Crippen LogP contribution is -2.61. The maximum absolute atomic E-state index is 14.0. The lowest BCUT2D eigenvalue weighted by molar-refractivity contribution is -0.140. The normalized spacial score (nSPS) is 20.7. The third-order valence-corrected chi connectivity index (χ3v) is 10.7. The number of hydrogen-bond acceptors (Lipinski definition) is 14. The van der Waals surface area contributed by atoms with Gasteiger partial charge in [-0.05, 0) is 36.5 Å². The van der Waals surface area contributed by atoms with Gasteiger partial charge in [-0.3, -0.25) is 57.5 Å². The highest BCUT2D eigenvalue weighted by atomic mass is 16.3. The Bertz CT molecular complexity index is 2210. The van der Waals surface area contributed by atoms with Crippen molar-refractivity contribution in [3.05, 3.63) is 48.0 Å². The lowest BCUT2D eigenvalue weighted by Gasteiger charge is -2.29. The number of nitrogens with two attached hydrogens (primary N) is 3. The molecule has 3 rings (SSSR count). The highest BCUT2D eigenvalue weighted by molar-refractivity contribution is 5.99. The van der Waals surface area contributed by atoms with Crippen LogP contribution in [0.3, 0.4) is 0 Å². The smallest absolute Gasteiger partial charge is 0.245 e. The van der Waals surface area contributed by atoms with Crippen LogP contribution in [0.2, 0.25) is 0 Å². The number of hydrogen-bond donors (Lipinski definition) is 13. The lowest BCUT2D eigenvalue weighted by atomic mass is 9.96. The predicted octanol–water partition coefficient (Wildman–Crippen LogP) is -6.03. The number of H-pyrrole nitrogens is 1. The van der Waals surface area contributed by atoms with Gasteiger partial charge >= 0.3 is 0 Å². The Kier molecular flexibility index (Phi) is 21.5. The first kappa shape index (κ1) is 55.2. The van der Waals surface area contributed by atoms with Crippen LogP contribution in [0.25, 0.3) is 0 Å². The molecule has 0 unspecified atom stereocenters. The van der Waals surface area contributed by atoms with Gasteiger partial charge in [0.2, 0.25) is 70.9 Å². The van der Waals surface area contributed by atoms with E-state index in [-0.39, 0.29) is 18.6 Å². The molecular weight excluding hydrogens is 909 g/mol. The quantitative estimate of drug-likeness (QED) is 0.0662. The van der Waals surface area contributed by atoms with Gasteiger partial charge in [-0.25, -0.2) is 4.98 Å². The number of phenols is 1. The minimum atomic E-state index is -1.84. The summed E-state index contributed by atoms with van der Waals surface area (Å²) in [6.45, 7) is 1.33. The van der Waals surface area contributed by atoms with E-state index in [1.165, 1.54) is 36.8 Å². The number of nitrogens with one attached hydrogen (secondary N) is 9. The summed E-state index contributed by atoms with van der Waals surface area (Å²) in [5, 5.41) is 29.2. The van der Waals surface area contributed by atoms with Gasteiger partial charge in [-0.1, -0.05) is 32.4 Å². The Labute approximate surface area is 395 Å². The van der Waals surface area contributed by atoms with Crippen molar-refractivity contribution in [3.63, 3.8) is 0 Å². The monoisotopic (exact) mass is 968 g/mol. The van der Waals surface area contributed by atoms with E-state index in [1.54, 1.807) is 13.8 Å². The standard InChI is InChI=1S/C42H60N14O13/c1-4-21(2)36-41(68)52-25(9-11-30(43)58)38(65)54-29(15-31(44)59)39(66)53-26(10-12-33(61)47-18-34(62)50-27(40(67)55-36)13-22-5-7-24(57)8-6-22)42(69)56(3)19-35(63)51-28(14-23-16-46-20-49-23)37(64)48-17-32(45)60/h5-8,16,20-21,25-29,36,57H,4,9-15,17-19H2,1-3H3,(H2,43,58)(H2,44,59)(H2,45,60)(H,46,49)(H,47,61)(H,48,64)(H,50,62)(H,51,63)(H,52,68)(H,53,66)(H,54,65)(H,55,67)/t21-,25-,26-,27-,28-,29-,36-/m0/s1. The Morgan fingerprint density at radius 1 is 0.826 bits per heavy atom. The number of carbonyl (C=O) groups excluding carboxylic acids is 12. The molecular formula is C42H60N14O13. The molecule has 0 radical (unpaired) electrons. The van der Waals surface area contributed by atoms with Gasteiger partial charge in [0, 0.05) is 38.9 Å². The molecule has 1 aromatic heterocycles. The van der Waals surface area contributed by atoms with Crippen molar-refractivity contribution in [2.75, 3.05) is 26.7 Å². The zero-order valence-electron chi connectivity index (χ0n) is 38.3. The average molecular weight is 969 g/mol. The van der Waals surface area contributed by atoms with Gasteiger partial charge in [0.05, 0.1) is 38.1 Å². The fraction of sp³-hybridized carbons (Fsp3) is 0.500. The van der Waals surface area contributed by atoms with Crippen molar-refractivity contribution in [2.24, 2.45) is 23.1 Å². The molecule has 2 heterocycles. The van der Waals surface area contributed by atoms with E-state index in [9.17, 15) is 62.6 Å². The fourth-order valence-electron chi connectivity index (χ4n) is 6.77. The topological polar surface area (TPSA) is 431 Å². The Morgan fingerprint density at radius 3 is 2.09 bits per heavy atom. The van der Waals surface area contributed by atoms with Gasteiger partial charge in [0.1, 0.15) is 42.0 Å². The summed E-state index contributed by atoms with van der Waals surface area (Å²) in [4.78, 5) is 166. The molecule has 16 N–H and O–H groups in total. The second kappa shape index (κ2) is 26.9. The van der Waals surface area contributed by atoms with Crippen LogP contribution in [0.5, 0.6) is 5.75 Å². The highest BCUT2D eigenvalue weighted by Gasteiger charge is 2.36. The predicted molar refractivity (Wildman–Crippen MR) is 239 cm³/mol. The van der Waals surface area contributed by atoms with Gasteiger partial charge in [-0.15, -0.1) is 0 Å². The third kappa shape index (κ3) is 18.9. The van der Waals surface area contributed by atoms with Crippen molar-refractivity contribution < 1.29 is 62.6 Å². The molecule has 0 aliphatic carbocycles. The molecule has 2 aromatic rings. The van der Waals surface area contributed by atoms with Crippen molar-refractivity contribution in [1.29, 1.82) is 0 Å². The first-order valence-electron chi connectivity index (χ1n) is 21.8. The molecule has 1 aliphatic heterocycles. The van der Waals surface area contributed by atoms with Crippen LogP contribution in [0.1, 0.15) is 63.6 Å². The number of carbonyl (C=O) groups is 12. The summed E-state index contributed by atoms with van der Waals surface area (Å²) in [7, 11) is 1.15. The molecule has 69 heavy (non-hydrogen) atoms. The van der Waals surface area contributed by atoms with Gasteiger partial charge < -0.3 is 74.7 Å². The molecule has 0 bridgehead atoms. The maximum Gasteiger partial charge on any atom is 0.245 e. The molecule has 1 fully saturated rings. The molecule has 1 aromatic carbocycles. The summed E-state index contributed by atoms with van der Waals surface area (Å²) in [5.41, 5.74) is 16.8. The summed E-state index contributed by atoms with van der Waals surface area (Å²) < 4.78 is 0. The Balaban J connectivity index is 2.00. The summed E-state index contributed by atoms with van der Waals surface area (Å²) in [5.74, 6) is -12.0. The number of aromatic nitrogens is 2. The molecule has 1 aliphatic rings. The number of rotatable bonds is 18. The number of phenolic OH excluding ortho intramolecular Hbond substituents is 1. The van der Waals surface area contributed by atoms with Crippen molar-refractivity contribution >= 4 is 70.9 Å². The number of nitrogens with zero attached hydrogens (tertiary/aromatic N) is 2. The largest absolute Gasteiger partial charge is 0.508 e. The molecule has 12 amide bonds. The molecule has 0 spiro atoms. The highest BCUT2D eigenvalue weighted by Crippen LogP contribution is 2.14. The number of aromatic amines is 1. The van der Waals surface area contributed by atoms with E-state index >= 15 is 0 Å². The van der Waals surface area contributed by atoms with Crippen LogP contribution in [0, 0.1) is 5.92 Å². The first-order valence-corrected chi connectivity index (χ1v) is 21.8. The zero-order chi connectivity index (χ0) is 51.4. The Morgan fingerprint density at radius 2 is 1.48 bits per heavy atom. The summed E-state index contributed by atoms with van der Waals surface area (Å²) in [6.07, 6.45) is -0.0778. The summed E-state index contributed by atoms with van der Waals surface area (Å²) in [6, 6.07) is -3.53. The number of aromatic hydroxyl groups is 1. The minimum Gasteiger partial charge on any atom is -0.508 e. The van der Waals surface area contributed by atoms with Gasteiger partial charge in [0.15, 0.2) is 0 Å². The van der Waals surface area contributed by atoms with Crippen LogP contribution in [0.15, 0.2) is 36.8 Å². The number of imidazole rings is 1. The third-order valence-electron chi connectivity index (χ3n) is 10.7. The summed E-state index contributed by atoms with van der Waals surface area (Å²) >= 11 is 0. The van der Waals surface area contributed by atoms with E-state index in [2.05, 4.69) is 52.5 Å². The van der Waals surface area contributed by atoms with Crippen LogP contribution < -0.4 is 59.7 Å². The number of likely N-dealkylation sites (N-methyl/N-ethyl adjacent to an activating group) is 1. The zero-order valence-corrected chi connectivity index (χ0v) is 38.3. The van der Waals surface area contributed by atoms with Crippen LogP contribution in [0.4, 0.5) is 0 Å². The molecule has 0 saturated carbocycles. The SMILES string of the molecule is CC[C@H](C)[C@@H]1NC(=O)[C@H](Cc2ccc(O)cc2)NC(=O)CNC(=O)CC[C@@H](C(=O)N(C)CC(=O)N[C@@H](Cc2c[nH]cn2)C(=O)NCC(N)=O)NC(=O)[C@H](CC(N)=O)NC(=O)[C@H](CCC(N)=O)NC1=O. The van der Waals surface area contributed by atoms with Crippen LogP contribution in [-0.4, -0.2) is 154 Å². The molecule has 27 heteroatoms. The van der Waals surface area contributed by atoms with Crippen molar-refractivity contribution in [2.45, 2.75) is 101 Å². The maximum atomic E-state index is 14.0. The second-order valence-electron chi connectivity index (χ2n) is 16.3. The molecule has 7 atom stereocenters. The number of primary amides is 3. The Hall–Kier alpha value is -8.13. The molecule has 376 valence electrons.